The summed E-state index contributed by atoms with van der Waals surface area (Å²) in [7, 11) is 0. The van der Waals surface area contributed by atoms with Crippen LogP contribution in [0.2, 0.25) is 0 Å². The Bertz CT molecular complexity index is 985. The van der Waals surface area contributed by atoms with Crippen molar-refractivity contribution >= 4 is 29.0 Å². The topological polar surface area (TPSA) is 73.5 Å². The highest BCUT2D eigenvalue weighted by Crippen LogP contribution is 2.35. The van der Waals surface area contributed by atoms with Crippen LogP contribution in [0.25, 0.3) is 0 Å². The molecule has 3 amide bonds. The third-order valence-corrected chi connectivity index (χ3v) is 5.33. The second-order valence-electron chi connectivity index (χ2n) is 7.40. The number of alkyl halides is 3. The molecule has 30 heavy (non-hydrogen) atoms. The Hall–Kier alpha value is -3.23. The van der Waals surface area contributed by atoms with Crippen molar-refractivity contribution in [2.75, 3.05) is 28.6 Å². The normalized spacial score (nSPS) is 15.7. The van der Waals surface area contributed by atoms with Crippen molar-refractivity contribution in [2.45, 2.75) is 32.0 Å². The molecular formula is C21H21F3N4O2. The lowest BCUT2D eigenvalue weighted by Crippen LogP contribution is -2.30. The molecule has 0 saturated carbocycles. The summed E-state index contributed by atoms with van der Waals surface area (Å²) in [5.41, 5.74) is 2.32. The number of urea groups is 1. The van der Waals surface area contributed by atoms with Gasteiger partial charge in [0, 0.05) is 42.3 Å². The Morgan fingerprint density at radius 1 is 1.13 bits per heavy atom. The van der Waals surface area contributed by atoms with E-state index in [9.17, 15) is 22.8 Å². The Morgan fingerprint density at radius 3 is 2.63 bits per heavy atom. The van der Waals surface area contributed by atoms with Crippen molar-refractivity contribution in [3.05, 3.63) is 53.1 Å². The molecule has 0 radical (unpaired) electrons. The van der Waals surface area contributed by atoms with Crippen LogP contribution in [0.4, 0.5) is 35.0 Å². The molecule has 9 heteroatoms. The van der Waals surface area contributed by atoms with Crippen molar-refractivity contribution in [3.8, 4) is 0 Å². The van der Waals surface area contributed by atoms with E-state index in [4.69, 9.17) is 0 Å². The van der Waals surface area contributed by atoms with E-state index in [0.29, 0.717) is 41.3 Å². The van der Waals surface area contributed by atoms with E-state index < -0.39 is 17.8 Å². The molecule has 6 nitrogen and oxygen atoms in total. The van der Waals surface area contributed by atoms with Gasteiger partial charge >= 0.3 is 12.2 Å². The van der Waals surface area contributed by atoms with Crippen LogP contribution in [0.15, 0.2) is 36.4 Å². The van der Waals surface area contributed by atoms with E-state index in [2.05, 4.69) is 16.0 Å². The lowest BCUT2D eigenvalue weighted by atomic mass is 10.1. The summed E-state index contributed by atoms with van der Waals surface area (Å²) in [4.78, 5) is 25.9. The van der Waals surface area contributed by atoms with Crippen LogP contribution in [0.3, 0.4) is 0 Å². The number of rotatable bonds is 4. The molecule has 2 aliphatic rings. The fourth-order valence-corrected chi connectivity index (χ4v) is 3.85. The first kappa shape index (κ1) is 20.1. The van der Waals surface area contributed by atoms with E-state index in [0.717, 1.165) is 25.0 Å². The molecule has 2 aliphatic heterocycles. The molecule has 0 aromatic heterocycles. The molecule has 3 N–H and O–H groups in total. The van der Waals surface area contributed by atoms with Crippen molar-refractivity contribution in [1.82, 2.24) is 5.32 Å². The Balaban J connectivity index is 1.48. The maximum Gasteiger partial charge on any atom is 0.416 e. The number of nitrogens with zero attached hydrogens (tertiary/aromatic N) is 1. The van der Waals surface area contributed by atoms with Crippen LogP contribution in [-0.2, 0) is 23.9 Å². The van der Waals surface area contributed by atoms with Crippen molar-refractivity contribution in [1.29, 1.82) is 0 Å². The molecule has 158 valence electrons. The Kier molecular flexibility index (Phi) is 5.27. The molecule has 2 aromatic carbocycles. The standard InChI is InChI=1S/C21H21F3N4O2/c22-21(23,24)14-7-6-13(18(10-14)28-8-1-2-9-28)12-25-20(30)27-17-5-3-4-16-15(17)11-19(29)26-16/h3-7,10H,1-2,8-9,11-12H2,(H,26,29)(H2,25,27,30). The van der Waals surface area contributed by atoms with E-state index in [1.807, 2.05) is 4.90 Å². The van der Waals surface area contributed by atoms with Crippen LogP contribution < -0.4 is 20.9 Å². The quantitative estimate of drug-likeness (QED) is 0.699. The molecule has 0 bridgehead atoms. The van der Waals surface area contributed by atoms with Crippen molar-refractivity contribution < 1.29 is 22.8 Å². The van der Waals surface area contributed by atoms with Gasteiger partial charge in [-0.05, 0) is 42.7 Å². The van der Waals surface area contributed by atoms with Crippen LogP contribution in [0, 0.1) is 0 Å². The highest BCUT2D eigenvalue weighted by molar-refractivity contribution is 6.03. The first-order valence-corrected chi connectivity index (χ1v) is 9.73. The molecule has 0 spiro atoms. The van der Waals surface area contributed by atoms with Gasteiger partial charge in [0.1, 0.15) is 0 Å². The number of fused-ring (bicyclic) bond motifs is 1. The molecule has 0 atom stereocenters. The highest BCUT2D eigenvalue weighted by atomic mass is 19.4. The number of hydrogen-bond acceptors (Lipinski definition) is 3. The first-order valence-electron chi connectivity index (χ1n) is 9.73. The van der Waals surface area contributed by atoms with Gasteiger partial charge in [-0.2, -0.15) is 13.2 Å². The van der Waals surface area contributed by atoms with Gasteiger partial charge in [0.15, 0.2) is 0 Å². The Morgan fingerprint density at radius 2 is 1.90 bits per heavy atom. The van der Waals surface area contributed by atoms with Gasteiger partial charge < -0.3 is 20.9 Å². The highest BCUT2D eigenvalue weighted by Gasteiger charge is 2.32. The maximum atomic E-state index is 13.2. The number of hydrogen-bond donors (Lipinski definition) is 3. The monoisotopic (exact) mass is 418 g/mol. The fraction of sp³-hybridized carbons (Fsp3) is 0.333. The van der Waals surface area contributed by atoms with E-state index in [-0.39, 0.29) is 18.9 Å². The van der Waals surface area contributed by atoms with E-state index >= 15 is 0 Å². The number of anilines is 3. The van der Waals surface area contributed by atoms with E-state index in [1.54, 1.807) is 18.2 Å². The third kappa shape index (κ3) is 4.19. The van der Waals surface area contributed by atoms with Gasteiger partial charge in [0.25, 0.3) is 0 Å². The van der Waals surface area contributed by atoms with Gasteiger partial charge in [-0.25, -0.2) is 4.79 Å². The molecule has 1 saturated heterocycles. The average molecular weight is 418 g/mol. The van der Waals surface area contributed by atoms with Gasteiger partial charge in [0.2, 0.25) is 5.91 Å². The summed E-state index contributed by atoms with van der Waals surface area (Å²) in [5, 5.41) is 8.15. The Labute approximate surface area is 171 Å². The zero-order valence-corrected chi connectivity index (χ0v) is 16.1. The SMILES string of the molecule is O=C1Cc2c(cccc2NC(=O)NCc2ccc(C(F)(F)F)cc2N2CCCC2)N1. The van der Waals surface area contributed by atoms with Crippen molar-refractivity contribution in [2.24, 2.45) is 0 Å². The van der Waals surface area contributed by atoms with Crippen molar-refractivity contribution in [3.63, 3.8) is 0 Å². The zero-order chi connectivity index (χ0) is 21.3. The van der Waals surface area contributed by atoms with Crippen LogP contribution in [0.5, 0.6) is 0 Å². The summed E-state index contributed by atoms with van der Waals surface area (Å²) in [6, 6.07) is 8.30. The number of amides is 3. The predicted molar refractivity (Wildman–Crippen MR) is 108 cm³/mol. The molecular weight excluding hydrogens is 397 g/mol. The molecule has 2 aromatic rings. The lowest BCUT2D eigenvalue weighted by molar-refractivity contribution is -0.137. The second-order valence-corrected chi connectivity index (χ2v) is 7.40. The number of nitrogens with one attached hydrogen (secondary N) is 3. The summed E-state index contributed by atoms with van der Waals surface area (Å²) in [5.74, 6) is -0.139. The summed E-state index contributed by atoms with van der Waals surface area (Å²) >= 11 is 0. The predicted octanol–water partition coefficient (Wildman–Crippen LogP) is 4.12. The average Bonchev–Trinajstić information content (AvgIpc) is 3.35. The molecule has 0 aliphatic carbocycles. The number of carbonyl (C=O) groups is 2. The van der Waals surface area contributed by atoms with Gasteiger partial charge in [-0.15, -0.1) is 0 Å². The van der Waals surface area contributed by atoms with Gasteiger partial charge in [-0.1, -0.05) is 12.1 Å². The second kappa shape index (κ2) is 7.89. The van der Waals surface area contributed by atoms with Gasteiger partial charge in [0.05, 0.1) is 12.0 Å². The fourth-order valence-electron chi connectivity index (χ4n) is 3.85. The minimum absolute atomic E-state index is 0.0853. The molecule has 2 heterocycles. The summed E-state index contributed by atoms with van der Waals surface area (Å²) in [6.07, 6.45) is -2.38. The molecule has 4 rings (SSSR count). The lowest BCUT2D eigenvalue weighted by Gasteiger charge is -2.23. The summed E-state index contributed by atoms with van der Waals surface area (Å²) in [6.45, 7) is 1.47. The zero-order valence-electron chi connectivity index (χ0n) is 16.1. The van der Waals surface area contributed by atoms with E-state index in [1.165, 1.54) is 6.07 Å². The van der Waals surface area contributed by atoms with Crippen LogP contribution >= 0.6 is 0 Å². The van der Waals surface area contributed by atoms with Crippen LogP contribution in [-0.4, -0.2) is 25.0 Å². The van der Waals surface area contributed by atoms with Crippen LogP contribution in [0.1, 0.15) is 29.5 Å². The first-order chi connectivity index (χ1) is 14.3. The third-order valence-electron chi connectivity index (χ3n) is 5.33. The summed E-state index contributed by atoms with van der Waals surface area (Å²) < 4.78 is 39.5. The number of benzene rings is 2. The molecule has 1 fully saturated rings. The number of carbonyl (C=O) groups excluding carboxylic acids is 2. The smallest absolute Gasteiger partial charge is 0.371 e. The minimum Gasteiger partial charge on any atom is -0.371 e. The minimum atomic E-state index is -4.42. The maximum absolute atomic E-state index is 13.2. The largest absolute Gasteiger partial charge is 0.416 e. The van der Waals surface area contributed by atoms with Gasteiger partial charge in [-0.3, -0.25) is 4.79 Å². The molecule has 0 unspecified atom stereocenters. The number of halogens is 3.